The van der Waals surface area contributed by atoms with Gasteiger partial charge < -0.3 is 4.55 Å². The van der Waals surface area contributed by atoms with Gasteiger partial charge in [0.05, 0.1) is 0 Å². The largest absolute Gasteiger partial charge is 0.726 e. The molecule has 2 aromatic rings. The third-order valence-corrected chi connectivity index (χ3v) is 1.90. The number of nitrogens with zero attached hydrogens (tertiary/aromatic N) is 1. The molecule has 0 radical (unpaired) electrons. The van der Waals surface area contributed by atoms with E-state index >= 15 is 0 Å². The van der Waals surface area contributed by atoms with Gasteiger partial charge in [-0.1, -0.05) is 12.1 Å². The maximum absolute atomic E-state index is 8.63. The Labute approximate surface area is 93.5 Å². The Kier molecular flexibility index (Phi) is 3.94. The predicted octanol–water partition coefficient (Wildman–Crippen LogP) is 0.669. The third kappa shape index (κ3) is 4.35. The van der Waals surface area contributed by atoms with Gasteiger partial charge in [-0.05, 0) is 12.1 Å². The van der Waals surface area contributed by atoms with Crippen molar-refractivity contribution < 1.29 is 22.1 Å². The van der Waals surface area contributed by atoms with Gasteiger partial charge >= 0.3 is 0 Å². The lowest BCUT2D eigenvalue weighted by atomic mass is 10.2. The summed E-state index contributed by atoms with van der Waals surface area (Å²) in [6.07, 6.45) is 2.06. The molecule has 0 bridgehead atoms. The molecule has 0 aliphatic heterocycles. The molecule has 0 saturated carbocycles. The summed E-state index contributed by atoms with van der Waals surface area (Å²) in [7, 11) is -2.86. The van der Waals surface area contributed by atoms with Crippen molar-refractivity contribution in [2.24, 2.45) is 7.05 Å². The molecule has 0 spiro atoms. The predicted molar refractivity (Wildman–Crippen MR) is 57.5 cm³/mol. The summed E-state index contributed by atoms with van der Waals surface area (Å²) in [4.78, 5) is 0. The second-order valence-electron chi connectivity index (χ2n) is 3.11. The summed E-state index contributed by atoms with van der Waals surface area (Å²) >= 11 is 0. The van der Waals surface area contributed by atoms with Crippen molar-refractivity contribution in [3.8, 4) is 0 Å². The first-order valence-corrected chi connectivity index (χ1v) is 5.76. The highest BCUT2D eigenvalue weighted by Gasteiger charge is 1.99. The van der Waals surface area contributed by atoms with Crippen LogP contribution in [0.25, 0.3) is 10.9 Å². The summed E-state index contributed by atoms with van der Waals surface area (Å²) in [5.41, 5.74) is 1.27. The second kappa shape index (κ2) is 5.02. The highest BCUT2D eigenvalue weighted by Crippen LogP contribution is 2.06. The molecule has 1 N–H and O–H groups in total. The first-order chi connectivity index (χ1) is 7.38. The average molecular weight is 241 g/mol. The molecular weight excluding hydrogens is 230 g/mol. The Balaban J connectivity index is 0.000000221. The van der Waals surface area contributed by atoms with Crippen LogP contribution in [0.5, 0.6) is 0 Å². The van der Waals surface area contributed by atoms with E-state index in [-0.39, 0.29) is 0 Å². The highest BCUT2D eigenvalue weighted by molar-refractivity contribution is 7.79. The quantitative estimate of drug-likeness (QED) is 0.417. The second-order valence-corrected chi connectivity index (χ2v) is 3.96. The number of hydrogen-bond donors (Lipinski definition) is 1. The van der Waals surface area contributed by atoms with Crippen LogP contribution in [0.15, 0.2) is 42.6 Å². The van der Waals surface area contributed by atoms with Crippen LogP contribution in [0.1, 0.15) is 0 Å². The number of aromatic nitrogens is 1. The molecule has 0 aliphatic rings. The lowest BCUT2D eigenvalue weighted by Crippen LogP contribution is -2.27. The molecule has 0 aliphatic carbocycles. The van der Waals surface area contributed by atoms with Gasteiger partial charge in [0, 0.05) is 17.5 Å². The number of benzene rings is 1. The van der Waals surface area contributed by atoms with Crippen molar-refractivity contribution >= 4 is 21.3 Å². The minimum absolute atomic E-state index is 1.27. The Morgan fingerprint density at radius 1 is 1.19 bits per heavy atom. The Hall–Kier alpha value is -1.50. The van der Waals surface area contributed by atoms with E-state index < -0.39 is 10.4 Å². The SMILES string of the molecule is C[n+]1cccc2ccccc21.O=S(=O)([O-])O. The fourth-order valence-corrected chi connectivity index (χ4v) is 1.31. The van der Waals surface area contributed by atoms with E-state index in [4.69, 9.17) is 17.5 Å². The fraction of sp³-hybridized carbons (Fsp3) is 0.100. The van der Waals surface area contributed by atoms with E-state index in [1.807, 2.05) is 0 Å². The van der Waals surface area contributed by atoms with E-state index in [1.54, 1.807) is 0 Å². The summed E-state index contributed by atoms with van der Waals surface area (Å²) in [6.45, 7) is 0. The van der Waals surface area contributed by atoms with Crippen LogP contribution in [-0.2, 0) is 17.4 Å². The zero-order valence-electron chi connectivity index (χ0n) is 8.57. The molecule has 0 saturated heterocycles. The zero-order chi connectivity index (χ0) is 12.2. The molecule has 1 heterocycles. The van der Waals surface area contributed by atoms with Crippen molar-refractivity contribution in [2.75, 3.05) is 0 Å². The number of fused-ring (bicyclic) bond motifs is 1. The van der Waals surface area contributed by atoms with Gasteiger partial charge in [-0.15, -0.1) is 0 Å². The number of aryl methyl sites for hydroxylation is 1. The van der Waals surface area contributed by atoms with Crippen LogP contribution < -0.4 is 4.57 Å². The Morgan fingerprint density at radius 3 is 2.25 bits per heavy atom. The molecule has 0 unspecified atom stereocenters. The normalized spacial score (nSPS) is 10.7. The first kappa shape index (κ1) is 12.6. The van der Waals surface area contributed by atoms with E-state index in [0.717, 1.165) is 0 Å². The van der Waals surface area contributed by atoms with E-state index in [2.05, 4.69) is 54.2 Å². The van der Waals surface area contributed by atoms with Crippen LogP contribution >= 0.6 is 0 Å². The summed E-state index contributed by atoms with van der Waals surface area (Å²) in [5, 5.41) is 1.29. The molecule has 5 nitrogen and oxygen atoms in total. The van der Waals surface area contributed by atoms with Crippen LogP contribution in [0, 0.1) is 0 Å². The Bertz CT molecular complexity index is 567. The monoisotopic (exact) mass is 241 g/mol. The van der Waals surface area contributed by atoms with Crippen molar-refractivity contribution in [3.63, 3.8) is 0 Å². The van der Waals surface area contributed by atoms with E-state index in [0.29, 0.717) is 0 Å². The third-order valence-electron chi connectivity index (χ3n) is 1.90. The number of pyridine rings is 1. The summed E-state index contributed by atoms with van der Waals surface area (Å²) < 4.78 is 35.0. The molecule has 6 heteroatoms. The highest BCUT2D eigenvalue weighted by atomic mass is 32.3. The lowest BCUT2D eigenvalue weighted by molar-refractivity contribution is -0.644. The van der Waals surface area contributed by atoms with Crippen LogP contribution in [-0.4, -0.2) is 17.5 Å². The zero-order valence-corrected chi connectivity index (χ0v) is 9.39. The van der Waals surface area contributed by atoms with Crippen LogP contribution in [0.3, 0.4) is 0 Å². The molecule has 86 valence electrons. The fourth-order valence-electron chi connectivity index (χ4n) is 1.31. The summed E-state index contributed by atoms with van der Waals surface area (Å²) in [6, 6.07) is 12.5. The van der Waals surface area contributed by atoms with E-state index in [1.165, 1.54) is 10.9 Å². The van der Waals surface area contributed by atoms with Gasteiger partial charge in [-0.2, -0.15) is 0 Å². The number of para-hydroxylation sites is 1. The number of rotatable bonds is 0. The maximum atomic E-state index is 8.63. The van der Waals surface area contributed by atoms with Gasteiger partial charge in [-0.25, -0.2) is 13.0 Å². The van der Waals surface area contributed by atoms with Gasteiger partial charge in [-0.3, -0.25) is 4.55 Å². The number of hydrogen-bond acceptors (Lipinski definition) is 3. The summed E-state index contributed by atoms with van der Waals surface area (Å²) in [5.74, 6) is 0. The minimum atomic E-state index is -4.92. The molecular formula is C10H11NO4S. The molecule has 0 atom stereocenters. The van der Waals surface area contributed by atoms with Crippen molar-refractivity contribution in [1.29, 1.82) is 0 Å². The van der Waals surface area contributed by atoms with Gasteiger partial charge in [0.25, 0.3) is 0 Å². The van der Waals surface area contributed by atoms with Gasteiger partial charge in [0.2, 0.25) is 15.9 Å². The topological polar surface area (TPSA) is 81.3 Å². The molecule has 1 aromatic heterocycles. The maximum Gasteiger partial charge on any atom is 0.215 e. The lowest BCUT2D eigenvalue weighted by Gasteiger charge is -1.93. The van der Waals surface area contributed by atoms with Gasteiger partial charge in [0.1, 0.15) is 7.05 Å². The smallest absolute Gasteiger partial charge is 0.215 e. The van der Waals surface area contributed by atoms with Gasteiger partial charge in [0.15, 0.2) is 6.20 Å². The van der Waals surface area contributed by atoms with E-state index in [9.17, 15) is 0 Å². The molecule has 1 aromatic carbocycles. The molecule has 0 fully saturated rings. The first-order valence-electron chi connectivity index (χ1n) is 4.39. The van der Waals surface area contributed by atoms with Crippen molar-refractivity contribution in [2.45, 2.75) is 0 Å². The molecule has 16 heavy (non-hydrogen) atoms. The average Bonchev–Trinajstić information content (AvgIpc) is 2.16. The van der Waals surface area contributed by atoms with Crippen molar-refractivity contribution in [3.05, 3.63) is 42.6 Å². The minimum Gasteiger partial charge on any atom is -0.726 e. The van der Waals surface area contributed by atoms with Crippen LogP contribution in [0.2, 0.25) is 0 Å². The van der Waals surface area contributed by atoms with Crippen molar-refractivity contribution in [1.82, 2.24) is 0 Å². The standard InChI is InChI=1S/C10H10N.H2O4S/c1-11-8-4-6-9-5-2-3-7-10(9)11;1-5(2,3)4/h2-8H,1H3;(H2,1,2,3,4)/q+1;/p-1. The Morgan fingerprint density at radius 2 is 1.69 bits per heavy atom. The van der Waals surface area contributed by atoms with Crippen LogP contribution in [0.4, 0.5) is 0 Å². The molecule has 0 amide bonds. The molecule has 2 rings (SSSR count).